The first-order valence-corrected chi connectivity index (χ1v) is 8.15. The number of benzene rings is 2. The molecular formula is C18H18N2S. The summed E-state index contributed by atoms with van der Waals surface area (Å²) in [6.07, 6.45) is 2.10. The van der Waals surface area contributed by atoms with Crippen LogP contribution in [0.3, 0.4) is 0 Å². The van der Waals surface area contributed by atoms with Gasteiger partial charge in [0.05, 0.1) is 11.2 Å². The van der Waals surface area contributed by atoms with E-state index in [-0.39, 0.29) is 0 Å². The number of pyridine rings is 1. The van der Waals surface area contributed by atoms with Gasteiger partial charge in [-0.3, -0.25) is 4.98 Å². The summed E-state index contributed by atoms with van der Waals surface area (Å²) in [5.74, 6) is 0. The molecule has 21 heavy (non-hydrogen) atoms. The van der Waals surface area contributed by atoms with Crippen LogP contribution in [-0.2, 0) is 0 Å². The van der Waals surface area contributed by atoms with E-state index in [4.69, 9.17) is 0 Å². The molecule has 0 unspecified atom stereocenters. The third-order valence-corrected chi connectivity index (χ3v) is 4.39. The monoisotopic (exact) mass is 294 g/mol. The van der Waals surface area contributed by atoms with Crippen molar-refractivity contribution in [3.05, 3.63) is 60.3 Å². The number of hydrogen-bond donors (Lipinski definition) is 0. The standard InChI is InChI=1S/C18H18N2S/c1-13-12-18(16-6-4-5-7-17(16)19-13)20(2)14-8-10-15(21-3)11-9-14/h4-12H,1-3H3. The van der Waals surface area contributed by atoms with Crippen LogP contribution >= 0.6 is 11.8 Å². The summed E-state index contributed by atoms with van der Waals surface area (Å²) in [5.41, 5.74) is 4.45. The van der Waals surface area contributed by atoms with Gasteiger partial charge >= 0.3 is 0 Å². The SMILES string of the molecule is CSc1ccc(N(C)c2cc(C)nc3ccccc23)cc1. The molecule has 2 aromatic carbocycles. The topological polar surface area (TPSA) is 16.1 Å². The molecule has 2 nitrogen and oxygen atoms in total. The Morgan fingerprint density at radius 2 is 1.71 bits per heavy atom. The van der Waals surface area contributed by atoms with Gasteiger partial charge in [0, 0.05) is 28.7 Å². The number of rotatable bonds is 3. The molecule has 3 rings (SSSR count). The van der Waals surface area contributed by atoms with Crippen molar-refractivity contribution >= 4 is 34.0 Å². The molecule has 0 saturated heterocycles. The molecule has 0 radical (unpaired) electrons. The lowest BCUT2D eigenvalue weighted by Gasteiger charge is -2.22. The van der Waals surface area contributed by atoms with Gasteiger partial charge in [-0.15, -0.1) is 11.8 Å². The number of aromatic nitrogens is 1. The summed E-state index contributed by atoms with van der Waals surface area (Å²) in [5, 5.41) is 1.18. The lowest BCUT2D eigenvalue weighted by Crippen LogP contribution is -2.10. The van der Waals surface area contributed by atoms with Crippen molar-refractivity contribution in [2.75, 3.05) is 18.2 Å². The average molecular weight is 294 g/mol. The molecule has 106 valence electrons. The lowest BCUT2D eigenvalue weighted by atomic mass is 10.1. The van der Waals surface area contributed by atoms with Gasteiger partial charge in [-0.2, -0.15) is 0 Å². The van der Waals surface area contributed by atoms with E-state index in [0.29, 0.717) is 0 Å². The summed E-state index contributed by atoms with van der Waals surface area (Å²) in [6.45, 7) is 2.04. The summed E-state index contributed by atoms with van der Waals surface area (Å²) in [7, 11) is 2.11. The summed E-state index contributed by atoms with van der Waals surface area (Å²) < 4.78 is 0. The number of fused-ring (bicyclic) bond motifs is 1. The van der Waals surface area contributed by atoms with Crippen LogP contribution in [0.4, 0.5) is 11.4 Å². The molecule has 0 atom stereocenters. The minimum atomic E-state index is 1.04. The smallest absolute Gasteiger partial charge is 0.0726 e. The quantitative estimate of drug-likeness (QED) is 0.630. The Morgan fingerprint density at radius 3 is 2.43 bits per heavy atom. The first-order valence-electron chi connectivity index (χ1n) is 6.93. The predicted molar refractivity (Wildman–Crippen MR) is 92.8 cm³/mol. The number of anilines is 2. The van der Waals surface area contributed by atoms with Gasteiger partial charge in [0.2, 0.25) is 0 Å². The minimum Gasteiger partial charge on any atom is -0.344 e. The van der Waals surface area contributed by atoms with E-state index in [1.54, 1.807) is 11.8 Å². The molecule has 0 saturated carbocycles. The first-order chi connectivity index (χ1) is 10.2. The second kappa shape index (κ2) is 5.78. The average Bonchev–Trinajstić information content (AvgIpc) is 2.53. The molecular weight excluding hydrogens is 276 g/mol. The lowest BCUT2D eigenvalue weighted by molar-refractivity contribution is 1.18. The maximum absolute atomic E-state index is 4.61. The van der Waals surface area contributed by atoms with Crippen LogP contribution in [0.2, 0.25) is 0 Å². The van der Waals surface area contributed by atoms with E-state index < -0.39 is 0 Å². The van der Waals surface area contributed by atoms with Gasteiger partial charge in [0.25, 0.3) is 0 Å². The van der Waals surface area contributed by atoms with Gasteiger partial charge in [0.1, 0.15) is 0 Å². The summed E-state index contributed by atoms with van der Waals surface area (Å²) in [4.78, 5) is 8.11. The maximum Gasteiger partial charge on any atom is 0.0726 e. The molecule has 0 fully saturated rings. The number of hydrogen-bond acceptors (Lipinski definition) is 3. The molecule has 3 aromatic rings. The molecule has 0 bridgehead atoms. The molecule has 0 spiro atoms. The van der Waals surface area contributed by atoms with E-state index in [0.717, 1.165) is 11.2 Å². The second-order valence-electron chi connectivity index (χ2n) is 5.06. The van der Waals surface area contributed by atoms with E-state index in [9.17, 15) is 0 Å². The first kappa shape index (κ1) is 14.0. The van der Waals surface area contributed by atoms with Crippen molar-refractivity contribution in [3.8, 4) is 0 Å². The number of aryl methyl sites for hydroxylation is 1. The fourth-order valence-electron chi connectivity index (χ4n) is 2.51. The Morgan fingerprint density at radius 1 is 1.00 bits per heavy atom. The van der Waals surface area contributed by atoms with Crippen molar-refractivity contribution in [2.24, 2.45) is 0 Å². The molecule has 0 amide bonds. The Bertz CT molecular complexity index is 766. The van der Waals surface area contributed by atoms with Crippen molar-refractivity contribution < 1.29 is 0 Å². The Labute approximate surface area is 129 Å². The van der Waals surface area contributed by atoms with E-state index >= 15 is 0 Å². The van der Waals surface area contributed by atoms with E-state index in [2.05, 4.69) is 71.7 Å². The Balaban J connectivity index is 2.09. The second-order valence-corrected chi connectivity index (χ2v) is 5.94. The molecule has 1 heterocycles. The zero-order valence-electron chi connectivity index (χ0n) is 12.5. The maximum atomic E-state index is 4.61. The van der Waals surface area contributed by atoms with Crippen LogP contribution in [0.15, 0.2) is 59.5 Å². The van der Waals surface area contributed by atoms with Gasteiger partial charge in [-0.05, 0) is 49.6 Å². The Kier molecular flexibility index (Phi) is 3.84. The van der Waals surface area contributed by atoms with Crippen molar-refractivity contribution in [2.45, 2.75) is 11.8 Å². The van der Waals surface area contributed by atoms with Crippen molar-refractivity contribution in [1.82, 2.24) is 4.98 Å². The largest absolute Gasteiger partial charge is 0.344 e. The van der Waals surface area contributed by atoms with Crippen molar-refractivity contribution in [3.63, 3.8) is 0 Å². The molecule has 0 N–H and O–H groups in total. The van der Waals surface area contributed by atoms with Crippen LogP contribution in [0, 0.1) is 6.92 Å². The highest BCUT2D eigenvalue weighted by molar-refractivity contribution is 7.98. The van der Waals surface area contributed by atoms with Gasteiger partial charge in [0.15, 0.2) is 0 Å². The van der Waals surface area contributed by atoms with Gasteiger partial charge in [-0.1, -0.05) is 18.2 Å². The van der Waals surface area contributed by atoms with Gasteiger partial charge < -0.3 is 4.90 Å². The highest BCUT2D eigenvalue weighted by atomic mass is 32.2. The molecule has 0 aliphatic rings. The van der Waals surface area contributed by atoms with Crippen molar-refractivity contribution in [1.29, 1.82) is 0 Å². The predicted octanol–water partition coefficient (Wildman–Crippen LogP) is 5.03. The van der Waals surface area contributed by atoms with Crippen LogP contribution < -0.4 is 4.90 Å². The highest BCUT2D eigenvalue weighted by Gasteiger charge is 2.09. The molecule has 1 aromatic heterocycles. The summed E-state index contributed by atoms with van der Waals surface area (Å²) in [6, 6.07) is 19.1. The third kappa shape index (κ3) is 2.74. The highest BCUT2D eigenvalue weighted by Crippen LogP contribution is 2.31. The summed E-state index contributed by atoms with van der Waals surface area (Å²) >= 11 is 1.76. The van der Waals surface area contributed by atoms with Gasteiger partial charge in [-0.25, -0.2) is 0 Å². The molecule has 3 heteroatoms. The van der Waals surface area contributed by atoms with Crippen LogP contribution in [0.25, 0.3) is 10.9 Å². The molecule has 0 aliphatic carbocycles. The minimum absolute atomic E-state index is 1.04. The zero-order chi connectivity index (χ0) is 14.8. The van der Waals surface area contributed by atoms with E-state index in [1.807, 2.05) is 13.0 Å². The number of para-hydroxylation sites is 1. The van der Waals surface area contributed by atoms with Crippen LogP contribution in [0.1, 0.15) is 5.69 Å². The fourth-order valence-corrected chi connectivity index (χ4v) is 2.92. The van der Waals surface area contributed by atoms with Crippen LogP contribution in [-0.4, -0.2) is 18.3 Å². The fraction of sp³-hybridized carbons (Fsp3) is 0.167. The number of thioether (sulfide) groups is 1. The zero-order valence-corrected chi connectivity index (χ0v) is 13.3. The Hall–Kier alpha value is -2.00. The normalized spacial score (nSPS) is 10.8. The third-order valence-electron chi connectivity index (χ3n) is 3.64. The molecule has 0 aliphatic heterocycles. The van der Waals surface area contributed by atoms with E-state index in [1.165, 1.54) is 21.7 Å². The number of nitrogens with zero attached hydrogens (tertiary/aromatic N) is 2. The van der Waals surface area contributed by atoms with Crippen LogP contribution in [0.5, 0.6) is 0 Å².